The van der Waals surface area contributed by atoms with Crippen LogP contribution >= 0.6 is 0 Å². The lowest BCUT2D eigenvalue weighted by Crippen LogP contribution is -2.22. The van der Waals surface area contributed by atoms with Crippen molar-refractivity contribution in [3.05, 3.63) is 88.7 Å². The summed E-state index contributed by atoms with van der Waals surface area (Å²) in [5, 5.41) is 0. The van der Waals surface area contributed by atoms with Gasteiger partial charge in [0.1, 0.15) is 6.29 Å². The summed E-state index contributed by atoms with van der Waals surface area (Å²) in [6.07, 6.45) is 9.98. The van der Waals surface area contributed by atoms with Crippen LogP contribution in [0, 0.1) is 18.8 Å². The molecule has 1 spiro atoms. The number of benzene rings is 2. The number of ketones is 1. The molecule has 3 aliphatic carbocycles. The van der Waals surface area contributed by atoms with E-state index in [9.17, 15) is 9.59 Å². The fourth-order valence-electron chi connectivity index (χ4n) is 6.41. The third-order valence-electron chi connectivity index (χ3n) is 8.67. The summed E-state index contributed by atoms with van der Waals surface area (Å²) in [5.41, 5.74) is 8.61. The van der Waals surface area contributed by atoms with Gasteiger partial charge in [0, 0.05) is 40.8 Å². The summed E-state index contributed by atoms with van der Waals surface area (Å²) >= 11 is 0. The lowest BCUT2D eigenvalue weighted by molar-refractivity contribution is -0.112. The lowest BCUT2D eigenvalue weighted by atomic mass is 9.78. The van der Waals surface area contributed by atoms with Crippen LogP contribution in [0.2, 0.25) is 0 Å². The SMILES string of the molecule is Cc1ccccc1-c1ccc(C2CC3(CC3)c3ccc(C(=O)C4CCC(C=O)CC4)cc32)nc1. The Morgan fingerprint density at radius 1 is 1.00 bits per heavy atom. The summed E-state index contributed by atoms with van der Waals surface area (Å²) in [6.45, 7) is 2.14. The fourth-order valence-corrected chi connectivity index (χ4v) is 6.41. The van der Waals surface area contributed by atoms with Crippen LogP contribution in [-0.2, 0) is 10.2 Å². The predicted octanol–water partition coefficient (Wildman–Crippen LogP) is 6.81. The van der Waals surface area contributed by atoms with Crippen LogP contribution in [0.4, 0.5) is 0 Å². The standard InChI is InChI=1S/C31H31NO2/c1-20-4-2-3-5-25(20)24-11-13-29(32-18-24)27-17-31(14-15-31)28-12-10-23(16-26(27)28)30(34)22-8-6-21(19-33)7-9-22/h2-5,10-13,16,18-19,21-22,27H,6-9,14-15,17H2,1H3. The van der Waals surface area contributed by atoms with Crippen LogP contribution in [0.15, 0.2) is 60.8 Å². The van der Waals surface area contributed by atoms with Crippen molar-refractivity contribution in [1.82, 2.24) is 4.98 Å². The van der Waals surface area contributed by atoms with Gasteiger partial charge in [-0.25, -0.2) is 0 Å². The molecule has 3 aliphatic rings. The number of Topliss-reactive ketones (excluding diaryl/α,β-unsaturated/α-hetero) is 1. The molecule has 2 saturated carbocycles. The van der Waals surface area contributed by atoms with Crippen LogP contribution in [0.1, 0.15) is 83.6 Å². The number of carbonyl (C=O) groups is 2. The minimum Gasteiger partial charge on any atom is -0.303 e. The molecule has 0 saturated heterocycles. The van der Waals surface area contributed by atoms with Crippen LogP contribution < -0.4 is 0 Å². The molecular formula is C31H31NO2. The first-order chi connectivity index (χ1) is 16.6. The Morgan fingerprint density at radius 3 is 2.47 bits per heavy atom. The second-order valence-corrected chi connectivity index (χ2v) is 10.7. The van der Waals surface area contributed by atoms with Crippen molar-refractivity contribution < 1.29 is 9.59 Å². The first-order valence-electron chi connectivity index (χ1n) is 12.7. The number of hydrogen-bond donors (Lipinski definition) is 0. The molecule has 1 unspecified atom stereocenters. The Morgan fingerprint density at radius 2 is 1.79 bits per heavy atom. The third kappa shape index (κ3) is 3.62. The molecule has 2 fully saturated rings. The van der Waals surface area contributed by atoms with Crippen molar-refractivity contribution in [3.8, 4) is 11.1 Å². The van der Waals surface area contributed by atoms with Gasteiger partial charge in [0.15, 0.2) is 5.78 Å². The van der Waals surface area contributed by atoms with Gasteiger partial charge >= 0.3 is 0 Å². The van der Waals surface area contributed by atoms with Gasteiger partial charge in [-0.2, -0.15) is 0 Å². The molecule has 2 aromatic carbocycles. The molecule has 0 amide bonds. The van der Waals surface area contributed by atoms with E-state index in [1.807, 2.05) is 6.20 Å². The van der Waals surface area contributed by atoms with Gasteiger partial charge in [0.2, 0.25) is 0 Å². The molecule has 3 aromatic rings. The van der Waals surface area contributed by atoms with Crippen LogP contribution in [0.5, 0.6) is 0 Å². The Labute approximate surface area is 201 Å². The highest BCUT2D eigenvalue weighted by Crippen LogP contribution is 2.62. The molecule has 172 valence electrons. The van der Waals surface area contributed by atoms with Gasteiger partial charge in [-0.15, -0.1) is 0 Å². The van der Waals surface area contributed by atoms with Crippen LogP contribution in [-0.4, -0.2) is 17.1 Å². The maximum absolute atomic E-state index is 13.3. The number of carbonyl (C=O) groups excluding carboxylic acids is 2. The minimum absolute atomic E-state index is 0.0514. The number of fused-ring (bicyclic) bond motifs is 2. The van der Waals surface area contributed by atoms with Crippen molar-refractivity contribution in [2.75, 3.05) is 0 Å². The maximum atomic E-state index is 13.3. The Kier molecular flexibility index (Phi) is 5.24. The summed E-state index contributed by atoms with van der Waals surface area (Å²) in [4.78, 5) is 29.4. The van der Waals surface area contributed by atoms with Crippen LogP contribution in [0.25, 0.3) is 11.1 Å². The van der Waals surface area contributed by atoms with Crippen molar-refractivity contribution in [1.29, 1.82) is 0 Å². The topological polar surface area (TPSA) is 47.0 Å². The first-order valence-corrected chi connectivity index (χ1v) is 12.7. The number of aldehydes is 1. The number of aromatic nitrogens is 1. The maximum Gasteiger partial charge on any atom is 0.165 e. The van der Waals surface area contributed by atoms with Crippen LogP contribution in [0.3, 0.4) is 0 Å². The Balaban J connectivity index is 1.29. The molecule has 0 radical (unpaired) electrons. The van der Waals surface area contributed by atoms with Gasteiger partial charge in [0.25, 0.3) is 0 Å². The zero-order valence-corrected chi connectivity index (χ0v) is 19.8. The van der Waals surface area contributed by atoms with Gasteiger partial charge in [-0.1, -0.05) is 42.5 Å². The van der Waals surface area contributed by atoms with E-state index in [2.05, 4.69) is 61.5 Å². The quantitative estimate of drug-likeness (QED) is 0.317. The van der Waals surface area contributed by atoms with Gasteiger partial charge in [0.05, 0.1) is 0 Å². The fraction of sp³-hybridized carbons (Fsp3) is 0.387. The highest BCUT2D eigenvalue weighted by Gasteiger charge is 2.52. The zero-order chi connectivity index (χ0) is 23.3. The van der Waals surface area contributed by atoms with Gasteiger partial charge in [-0.05, 0) is 91.7 Å². The van der Waals surface area contributed by atoms with E-state index in [-0.39, 0.29) is 23.5 Å². The number of rotatable bonds is 5. The second-order valence-electron chi connectivity index (χ2n) is 10.7. The van der Waals surface area contributed by atoms with E-state index in [4.69, 9.17) is 4.98 Å². The molecule has 3 nitrogen and oxygen atoms in total. The molecular weight excluding hydrogens is 418 g/mol. The minimum atomic E-state index is 0.0514. The first kappa shape index (κ1) is 21.5. The van der Waals surface area contributed by atoms with E-state index in [1.54, 1.807) is 0 Å². The predicted molar refractivity (Wildman–Crippen MR) is 134 cm³/mol. The summed E-state index contributed by atoms with van der Waals surface area (Å²) in [6, 6.07) is 19.3. The van der Waals surface area contributed by atoms with E-state index < -0.39 is 0 Å². The van der Waals surface area contributed by atoms with E-state index in [0.717, 1.165) is 55.2 Å². The smallest absolute Gasteiger partial charge is 0.165 e. The summed E-state index contributed by atoms with van der Waals surface area (Å²) in [7, 11) is 0. The largest absolute Gasteiger partial charge is 0.303 e. The van der Waals surface area contributed by atoms with Crippen molar-refractivity contribution in [2.45, 2.75) is 63.2 Å². The molecule has 1 atom stereocenters. The van der Waals surface area contributed by atoms with Crippen molar-refractivity contribution in [2.24, 2.45) is 11.8 Å². The monoisotopic (exact) mass is 449 g/mol. The average molecular weight is 450 g/mol. The van der Waals surface area contributed by atoms with Crippen molar-refractivity contribution in [3.63, 3.8) is 0 Å². The molecule has 34 heavy (non-hydrogen) atoms. The molecule has 0 aliphatic heterocycles. The Hall–Kier alpha value is -3.07. The molecule has 1 heterocycles. The zero-order valence-electron chi connectivity index (χ0n) is 19.8. The lowest BCUT2D eigenvalue weighted by Gasteiger charge is -2.24. The van der Waals surface area contributed by atoms with Gasteiger partial charge < -0.3 is 4.79 Å². The average Bonchev–Trinajstić information content (AvgIpc) is 3.60. The molecule has 0 N–H and O–H groups in total. The molecule has 6 rings (SSSR count). The molecule has 1 aromatic heterocycles. The number of hydrogen-bond acceptors (Lipinski definition) is 3. The summed E-state index contributed by atoms with van der Waals surface area (Å²) in [5.74, 6) is 0.694. The van der Waals surface area contributed by atoms with Gasteiger partial charge in [-0.3, -0.25) is 9.78 Å². The Bertz CT molecular complexity index is 1250. The van der Waals surface area contributed by atoms with Crippen molar-refractivity contribution >= 4 is 12.1 Å². The number of pyridine rings is 1. The van der Waals surface area contributed by atoms with E-state index >= 15 is 0 Å². The van der Waals surface area contributed by atoms with E-state index in [1.165, 1.54) is 35.1 Å². The third-order valence-corrected chi connectivity index (χ3v) is 8.67. The highest BCUT2D eigenvalue weighted by molar-refractivity contribution is 5.98. The highest BCUT2D eigenvalue weighted by atomic mass is 16.1. The summed E-state index contributed by atoms with van der Waals surface area (Å²) < 4.78 is 0. The van der Waals surface area contributed by atoms with E-state index in [0.29, 0.717) is 5.41 Å². The molecule has 0 bridgehead atoms. The molecule has 3 heteroatoms. The normalized spacial score (nSPS) is 24.6. The second kappa shape index (κ2) is 8.30. The number of nitrogens with zero attached hydrogens (tertiary/aromatic N) is 1. The number of aryl methyl sites for hydroxylation is 1.